The van der Waals surface area contributed by atoms with Gasteiger partial charge in [0.1, 0.15) is 22.2 Å². The summed E-state index contributed by atoms with van der Waals surface area (Å²) in [6, 6.07) is 4.51. The Balaban J connectivity index is 1.82. The summed E-state index contributed by atoms with van der Waals surface area (Å²) in [5.41, 5.74) is 1.88. The van der Waals surface area contributed by atoms with Crippen LogP contribution in [0, 0.1) is 6.92 Å². The summed E-state index contributed by atoms with van der Waals surface area (Å²) in [7, 11) is -0.771. The molecule has 26 heavy (non-hydrogen) atoms. The maximum Gasteiger partial charge on any atom is 0.247 e. The van der Waals surface area contributed by atoms with Crippen LogP contribution in [0.15, 0.2) is 29.3 Å². The zero-order valence-electron chi connectivity index (χ0n) is 15.0. The lowest BCUT2D eigenvalue weighted by molar-refractivity contribution is 0.297. The summed E-state index contributed by atoms with van der Waals surface area (Å²) < 4.78 is 39.2. The molecule has 1 aromatic heterocycles. The topological polar surface area (TPSA) is 81.6 Å². The van der Waals surface area contributed by atoms with E-state index >= 15 is 0 Å². The average Bonchev–Trinajstić information content (AvgIpc) is 2.97. The van der Waals surface area contributed by atoms with Gasteiger partial charge in [0, 0.05) is 30.3 Å². The van der Waals surface area contributed by atoms with Crippen molar-refractivity contribution in [3.63, 3.8) is 0 Å². The van der Waals surface area contributed by atoms with Crippen LogP contribution in [0.1, 0.15) is 36.0 Å². The van der Waals surface area contributed by atoms with Crippen LogP contribution in [0.2, 0.25) is 0 Å². The second-order valence-electron chi connectivity index (χ2n) is 6.62. The van der Waals surface area contributed by atoms with Gasteiger partial charge in [-0.15, -0.1) is 0 Å². The lowest BCUT2D eigenvalue weighted by Crippen LogP contribution is -2.42. The van der Waals surface area contributed by atoms with Gasteiger partial charge in [-0.1, -0.05) is 0 Å². The molecule has 2 atom stereocenters. The fourth-order valence-electron chi connectivity index (χ4n) is 4.00. The predicted molar refractivity (Wildman–Crippen MR) is 94.8 cm³/mol. The minimum atomic E-state index is -3.75. The minimum absolute atomic E-state index is 0.0947. The SMILES string of the molecule is COc1ccc(OC)c(S(=O)(=O)N2[C@H]3CC[C@@H]2c2cnc(C)nc2C3)c1. The molecule has 2 aliphatic rings. The Labute approximate surface area is 153 Å². The number of sulfonamides is 1. The Hall–Kier alpha value is -2.19. The van der Waals surface area contributed by atoms with Gasteiger partial charge in [-0.3, -0.25) is 0 Å². The standard InChI is InChI=1S/C18H21N3O4S/c1-11-19-10-14-15(20-11)8-12-4-6-16(14)21(12)26(22,23)18-9-13(24-2)5-7-17(18)25-3/h5,7,9-10,12,16H,4,6,8H2,1-3H3/t12-,16+/m0/s1. The molecule has 3 heterocycles. The van der Waals surface area contributed by atoms with Gasteiger partial charge in [-0.05, 0) is 31.9 Å². The molecule has 2 bridgehead atoms. The Bertz CT molecular complexity index is 961. The summed E-state index contributed by atoms with van der Waals surface area (Å²) in [6.45, 7) is 1.85. The second kappa shape index (κ2) is 6.21. The molecule has 0 aliphatic carbocycles. The van der Waals surface area contributed by atoms with Gasteiger partial charge >= 0.3 is 0 Å². The molecule has 8 heteroatoms. The summed E-state index contributed by atoms with van der Waals surface area (Å²) >= 11 is 0. The molecule has 1 aromatic carbocycles. The number of hydrogen-bond donors (Lipinski definition) is 0. The number of fused-ring (bicyclic) bond motifs is 4. The molecule has 0 amide bonds. The molecular formula is C18H21N3O4S. The quantitative estimate of drug-likeness (QED) is 0.815. The van der Waals surface area contributed by atoms with Crippen molar-refractivity contribution in [3.8, 4) is 11.5 Å². The highest BCUT2D eigenvalue weighted by molar-refractivity contribution is 7.89. The van der Waals surface area contributed by atoms with Crippen molar-refractivity contribution in [1.82, 2.24) is 14.3 Å². The molecule has 0 radical (unpaired) electrons. The first kappa shape index (κ1) is 17.2. The van der Waals surface area contributed by atoms with Gasteiger partial charge in [-0.25, -0.2) is 18.4 Å². The van der Waals surface area contributed by atoms with E-state index in [4.69, 9.17) is 9.47 Å². The Morgan fingerprint density at radius 3 is 2.73 bits per heavy atom. The molecule has 2 aliphatic heterocycles. The second-order valence-corrected chi connectivity index (χ2v) is 8.43. The molecule has 138 valence electrons. The fourth-order valence-corrected chi connectivity index (χ4v) is 6.02. The maximum atomic E-state index is 13.5. The highest BCUT2D eigenvalue weighted by Gasteiger charge is 2.48. The predicted octanol–water partition coefficient (Wildman–Crippen LogP) is 2.25. The summed E-state index contributed by atoms with van der Waals surface area (Å²) in [5, 5.41) is 0. The van der Waals surface area contributed by atoms with Crippen molar-refractivity contribution in [2.75, 3.05) is 14.2 Å². The molecule has 7 nitrogen and oxygen atoms in total. The first-order valence-electron chi connectivity index (χ1n) is 8.53. The van der Waals surface area contributed by atoms with Crippen LogP contribution >= 0.6 is 0 Å². The van der Waals surface area contributed by atoms with E-state index in [-0.39, 0.29) is 17.0 Å². The third-order valence-electron chi connectivity index (χ3n) is 5.18. The number of hydrogen-bond acceptors (Lipinski definition) is 6. The Morgan fingerprint density at radius 1 is 1.19 bits per heavy atom. The van der Waals surface area contributed by atoms with Crippen molar-refractivity contribution in [3.05, 3.63) is 41.5 Å². The Morgan fingerprint density at radius 2 is 2.00 bits per heavy atom. The van der Waals surface area contributed by atoms with E-state index in [0.717, 1.165) is 24.1 Å². The van der Waals surface area contributed by atoms with Crippen LogP contribution < -0.4 is 9.47 Å². The molecule has 0 unspecified atom stereocenters. The number of benzene rings is 1. The summed E-state index contributed by atoms with van der Waals surface area (Å²) in [6.07, 6.45) is 3.97. The van der Waals surface area contributed by atoms with Crippen LogP contribution in [0.4, 0.5) is 0 Å². The van der Waals surface area contributed by atoms with Crippen molar-refractivity contribution in [2.24, 2.45) is 0 Å². The molecule has 2 aromatic rings. The zero-order chi connectivity index (χ0) is 18.5. The lowest BCUT2D eigenvalue weighted by atomic mass is 10.0. The van der Waals surface area contributed by atoms with Crippen LogP contribution in [-0.4, -0.2) is 43.0 Å². The van der Waals surface area contributed by atoms with Gasteiger partial charge in [0.25, 0.3) is 0 Å². The number of methoxy groups -OCH3 is 2. The molecule has 0 N–H and O–H groups in total. The monoisotopic (exact) mass is 375 g/mol. The number of aryl methyl sites for hydroxylation is 1. The zero-order valence-corrected chi connectivity index (χ0v) is 15.8. The van der Waals surface area contributed by atoms with Crippen molar-refractivity contribution >= 4 is 10.0 Å². The first-order chi connectivity index (χ1) is 12.5. The van der Waals surface area contributed by atoms with Crippen LogP contribution in [0.25, 0.3) is 0 Å². The van der Waals surface area contributed by atoms with Gasteiger partial charge in [0.2, 0.25) is 10.0 Å². The number of ether oxygens (including phenoxy) is 2. The van der Waals surface area contributed by atoms with Gasteiger partial charge < -0.3 is 9.47 Å². The molecule has 1 fully saturated rings. The third-order valence-corrected chi connectivity index (χ3v) is 7.16. The van der Waals surface area contributed by atoms with E-state index in [1.165, 1.54) is 20.3 Å². The van der Waals surface area contributed by atoms with E-state index in [9.17, 15) is 8.42 Å². The molecular weight excluding hydrogens is 354 g/mol. The fraction of sp³-hybridized carbons (Fsp3) is 0.444. The van der Waals surface area contributed by atoms with E-state index < -0.39 is 10.0 Å². The molecule has 1 saturated heterocycles. The van der Waals surface area contributed by atoms with E-state index in [1.54, 1.807) is 22.6 Å². The van der Waals surface area contributed by atoms with E-state index in [2.05, 4.69) is 9.97 Å². The first-order valence-corrected chi connectivity index (χ1v) is 9.97. The van der Waals surface area contributed by atoms with Gasteiger partial charge in [0.15, 0.2) is 0 Å². The highest BCUT2D eigenvalue weighted by Crippen LogP contribution is 2.47. The van der Waals surface area contributed by atoms with Crippen LogP contribution in [0.5, 0.6) is 11.5 Å². The lowest BCUT2D eigenvalue weighted by Gasteiger charge is -2.34. The Kier molecular flexibility index (Phi) is 4.11. The van der Waals surface area contributed by atoms with E-state index in [1.807, 2.05) is 6.92 Å². The largest absolute Gasteiger partial charge is 0.497 e. The van der Waals surface area contributed by atoms with Crippen molar-refractivity contribution in [1.29, 1.82) is 0 Å². The maximum absolute atomic E-state index is 13.5. The van der Waals surface area contributed by atoms with E-state index in [0.29, 0.717) is 23.7 Å². The highest BCUT2D eigenvalue weighted by atomic mass is 32.2. The number of aromatic nitrogens is 2. The van der Waals surface area contributed by atoms with Gasteiger partial charge in [-0.2, -0.15) is 4.31 Å². The van der Waals surface area contributed by atoms with Crippen LogP contribution in [0.3, 0.4) is 0 Å². The average molecular weight is 375 g/mol. The third kappa shape index (κ3) is 2.55. The number of rotatable bonds is 4. The smallest absolute Gasteiger partial charge is 0.247 e. The number of nitrogens with zero attached hydrogens (tertiary/aromatic N) is 3. The molecule has 0 spiro atoms. The van der Waals surface area contributed by atoms with Crippen LogP contribution in [-0.2, 0) is 16.4 Å². The van der Waals surface area contributed by atoms with Crippen molar-refractivity contribution in [2.45, 2.75) is 43.2 Å². The minimum Gasteiger partial charge on any atom is -0.497 e. The van der Waals surface area contributed by atoms with Crippen molar-refractivity contribution < 1.29 is 17.9 Å². The summed E-state index contributed by atoms with van der Waals surface area (Å²) in [4.78, 5) is 8.94. The normalized spacial score (nSPS) is 22.1. The molecule has 0 saturated carbocycles. The van der Waals surface area contributed by atoms with Gasteiger partial charge in [0.05, 0.1) is 26.0 Å². The summed E-state index contributed by atoms with van der Waals surface area (Å²) in [5.74, 6) is 1.51. The molecule has 4 rings (SSSR count).